The standard InChI is InChI=1S/C14H12BrFN2O2/c1-20-11-4-2-3-9(7-11)17-14(19)18-10-5-6-13(16)12(15)8-10/h2-8H,1H3,(H2,17,18,19). The van der Waals surface area contributed by atoms with E-state index in [2.05, 4.69) is 26.6 Å². The minimum Gasteiger partial charge on any atom is -0.497 e. The second-order valence-electron chi connectivity index (χ2n) is 3.94. The van der Waals surface area contributed by atoms with Gasteiger partial charge in [-0.3, -0.25) is 0 Å². The summed E-state index contributed by atoms with van der Waals surface area (Å²) in [5.74, 6) is 0.260. The highest BCUT2D eigenvalue weighted by molar-refractivity contribution is 9.10. The summed E-state index contributed by atoms with van der Waals surface area (Å²) in [4.78, 5) is 11.8. The van der Waals surface area contributed by atoms with E-state index in [-0.39, 0.29) is 10.3 Å². The van der Waals surface area contributed by atoms with Crippen molar-refractivity contribution in [3.63, 3.8) is 0 Å². The van der Waals surface area contributed by atoms with Crippen molar-refractivity contribution >= 4 is 33.3 Å². The molecule has 0 aliphatic heterocycles. The molecule has 2 N–H and O–H groups in total. The topological polar surface area (TPSA) is 50.4 Å². The van der Waals surface area contributed by atoms with Crippen molar-refractivity contribution in [2.45, 2.75) is 0 Å². The zero-order valence-corrected chi connectivity index (χ0v) is 12.2. The van der Waals surface area contributed by atoms with Gasteiger partial charge in [-0.25, -0.2) is 9.18 Å². The number of urea groups is 1. The largest absolute Gasteiger partial charge is 0.497 e. The summed E-state index contributed by atoms with van der Waals surface area (Å²) < 4.78 is 18.4. The summed E-state index contributed by atoms with van der Waals surface area (Å²) in [7, 11) is 1.55. The summed E-state index contributed by atoms with van der Waals surface area (Å²) in [5, 5.41) is 5.27. The number of halogens is 2. The summed E-state index contributed by atoms with van der Waals surface area (Å²) in [6.07, 6.45) is 0. The third-order valence-corrected chi connectivity index (χ3v) is 3.11. The number of ether oxygens (including phenoxy) is 1. The molecule has 0 atom stereocenters. The first-order valence-electron chi connectivity index (χ1n) is 5.75. The Hall–Kier alpha value is -2.08. The van der Waals surface area contributed by atoms with Crippen LogP contribution in [0.5, 0.6) is 5.75 Å². The molecule has 2 aromatic carbocycles. The molecule has 20 heavy (non-hydrogen) atoms. The Labute approximate surface area is 124 Å². The highest BCUT2D eigenvalue weighted by atomic mass is 79.9. The van der Waals surface area contributed by atoms with Gasteiger partial charge in [0, 0.05) is 17.4 Å². The molecule has 0 aliphatic rings. The maximum Gasteiger partial charge on any atom is 0.323 e. The minimum absolute atomic E-state index is 0.289. The van der Waals surface area contributed by atoms with Crippen molar-refractivity contribution in [3.8, 4) is 5.75 Å². The lowest BCUT2D eigenvalue weighted by molar-refractivity contribution is 0.262. The van der Waals surface area contributed by atoms with Crippen LogP contribution in [0, 0.1) is 5.82 Å². The predicted molar refractivity (Wildman–Crippen MR) is 79.7 cm³/mol. The van der Waals surface area contributed by atoms with E-state index >= 15 is 0 Å². The fourth-order valence-electron chi connectivity index (χ4n) is 1.57. The molecule has 0 bridgehead atoms. The number of hydrogen-bond donors (Lipinski definition) is 2. The molecular formula is C14H12BrFN2O2. The van der Waals surface area contributed by atoms with Gasteiger partial charge in [-0.2, -0.15) is 0 Å². The molecule has 0 saturated carbocycles. The number of nitrogens with one attached hydrogen (secondary N) is 2. The first kappa shape index (κ1) is 14.3. The predicted octanol–water partition coefficient (Wildman–Crippen LogP) is 4.24. The quantitative estimate of drug-likeness (QED) is 0.879. The Morgan fingerprint density at radius 2 is 1.85 bits per heavy atom. The lowest BCUT2D eigenvalue weighted by Crippen LogP contribution is -2.19. The van der Waals surface area contributed by atoms with Crippen LogP contribution in [0.25, 0.3) is 0 Å². The first-order chi connectivity index (χ1) is 9.58. The first-order valence-corrected chi connectivity index (χ1v) is 6.55. The van der Waals surface area contributed by atoms with E-state index in [1.165, 1.54) is 18.2 Å². The molecule has 2 amide bonds. The molecule has 2 rings (SSSR count). The Morgan fingerprint density at radius 3 is 2.50 bits per heavy atom. The van der Waals surface area contributed by atoms with Crippen LogP contribution < -0.4 is 15.4 Å². The highest BCUT2D eigenvalue weighted by Gasteiger charge is 2.05. The highest BCUT2D eigenvalue weighted by Crippen LogP contribution is 2.21. The van der Waals surface area contributed by atoms with Crippen LogP contribution in [0.15, 0.2) is 46.9 Å². The van der Waals surface area contributed by atoms with Crippen molar-refractivity contribution in [3.05, 3.63) is 52.8 Å². The zero-order valence-electron chi connectivity index (χ0n) is 10.6. The summed E-state index contributed by atoms with van der Waals surface area (Å²) in [6, 6.07) is 10.8. The van der Waals surface area contributed by atoms with Crippen LogP contribution in [0.1, 0.15) is 0 Å². The van der Waals surface area contributed by atoms with Gasteiger partial charge in [-0.15, -0.1) is 0 Å². The number of rotatable bonds is 3. The zero-order chi connectivity index (χ0) is 14.5. The Bertz CT molecular complexity index is 634. The molecular weight excluding hydrogens is 327 g/mol. The monoisotopic (exact) mass is 338 g/mol. The van der Waals surface area contributed by atoms with E-state index < -0.39 is 6.03 Å². The average molecular weight is 339 g/mol. The number of amides is 2. The third kappa shape index (κ3) is 3.71. The van der Waals surface area contributed by atoms with Gasteiger partial charge < -0.3 is 15.4 Å². The van der Waals surface area contributed by atoms with E-state index in [1.807, 2.05) is 0 Å². The van der Waals surface area contributed by atoms with Crippen molar-refractivity contribution in [2.75, 3.05) is 17.7 Å². The van der Waals surface area contributed by atoms with Gasteiger partial charge in [-0.05, 0) is 46.3 Å². The normalized spacial score (nSPS) is 9.95. The molecule has 6 heteroatoms. The SMILES string of the molecule is COc1cccc(NC(=O)Nc2ccc(F)c(Br)c2)c1. The van der Waals surface area contributed by atoms with Gasteiger partial charge in [0.1, 0.15) is 11.6 Å². The number of carbonyl (C=O) groups is 1. The smallest absolute Gasteiger partial charge is 0.323 e. The van der Waals surface area contributed by atoms with Gasteiger partial charge >= 0.3 is 6.03 Å². The Morgan fingerprint density at radius 1 is 1.15 bits per heavy atom. The van der Waals surface area contributed by atoms with Crippen LogP contribution >= 0.6 is 15.9 Å². The van der Waals surface area contributed by atoms with E-state index in [4.69, 9.17) is 4.74 Å². The fourth-order valence-corrected chi connectivity index (χ4v) is 1.95. The van der Waals surface area contributed by atoms with Gasteiger partial charge in [-0.1, -0.05) is 6.07 Å². The number of benzene rings is 2. The van der Waals surface area contributed by atoms with Crippen molar-refractivity contribution in [1.29, 1.82) is 0 Å². The maximum absolute atomic E-state index is 13.1. The van der Waals surface area contributed by atoms with Crippen LogP contribution in [0.2, 0.25) is 0 Å². The van der Waals surface area contributed by atoms with Crippen LogP contribution in [0.4, 0.5) is 20.6 Å². The van der Waals surface area contributed by atoms with Gasteiger partial charge in [0.15, 0.2) is 0 Å². The average Bonchev–Trinajstić information content (AvgIpc) is 2.43. The van der Waals surface area contributed by atoms with Gasteiger partial charge in [0.2, 0.25) is 0 Å². The minimum atomic E-state index is -0.420. The fraction of sp³-hybridized carbons (Fsp3) is 0.0714. The molecule has 0 radical (unpaired) electrons. The summed E-state index contributed by atoms with van der Waals surface area (Å²) in [5.41, 5.74) is 1.08. The Balaban J connectivity index is 2.03. The van der Waals surface area contributed by atoms with E-state index in [0.717, 1.165) is 0 Å². The molecule has 2 aromatic rings. The van der Waals surface area contributed by atoms with Crippen molar-refractivity contribution < 1.29 is 13.9 Å². The Kier molecular flexibility index (Phi) is 4.57. The molecule has 4 nitrogen and oxygen atoms in total. The maximum atomic E-state index is 13.1. The van der Waals surface area contributed by atoms with Gasteiger partial charge in [0.05, 0.1) is 11.6 Å². The lowest BCUT2D eigenvalue weighted by atomic mass is 10.3. The number of hydrogen-bond acceptors (Lipinski definition) is 2. The molecule has 0 unspecified atom stereocenters. The number of anilines is 2. The molecule has 0 saturated heterocycles. The molecule has 0 aromatic heterocycles. The molecule has 0 aliphatic carbocycles. The third-order valence-electron chi connectivity index (χ3n) is 2.51. The van der Waals surface area contributed by atoms with E-state index in [1.54, 1.807) is 31.4 Å². The van der Waals surface area contributed by atoms with E-state index in [0.29, 0.717) is 17.1 Å². The van der Waals surface area contributed by atoms with Crippen molar-refractivity contribution in [2.24, 2.45) is 0 Å². The summed E-state index contributed by atoms with van der Waals surface area (Å²) >= 11 is 3.06. The van der Waals surface area contributed by atoms with Crippen LogP contribution in [-0.2, 0) is 0 Å². The molecule has 0 heterocycles. The molecule has 0 fully saturated rings. The van der Waals surface area contributed by atoms with Crippen molar-refractivity contribution in [1.82, 2.24) is 0 Å². The molecule has 104 valence electrons. The van der Waals surface area contributed by atoms with Crippen LogP contribution in [0.3, 0.4) is 0 Å². The second kappa shape index (κ2) is 6.38. The number of carbonyl (C=O) groups excluding carboxylic acids is 1. The number of methoxy groups -OCH3 is 1. The second-order valence-corrected chi connectivity index (χ2v) is 4.79. The van der Waals surface area contributed by atoms with E-state index in [9.17, 15) is 9.18 Å². The summed E-state index contributed by atoms with van der Waals surface area (Å²) in [6.45, 7) is 0. The van der Waals surface area contributed by atoms with Crippen LogP contribution in [-0.4, -0.2) is 13.1 Å². The van der Waals surface area contributed by atoms with Gasteiger partial charge in [0.25, 0.3) is 0 Å². The molecule has 0 spiro atoms. The lowest BCUT2D eigenvalue weighted by Gasteiger charge is -2.09.